The van der Waals surface area contributed by atoms with Gasteiger partial charge in [0.1, 0.15) is 5.02 Å². The van der Waals surface area contributed by atoms with E-state index in [1.54, 1.807) is 13.3 Å². The number of aromatic nitrogens is 1. The molecule has 0 aliphatic heterocycles. The maximum Gasteiger partial charge on any atom is 0.232 e. The summed E-state index contributed by atoms with van der Waals surface area (Å²) in [5, 5.41) is 0.588. The molecule has 1 rings (SSSR count). The summed E-state index contributed by atoms with van der Waals surface area (Å²) in [6, 6.07) is 1.84. The molecule has 0 amide bonds. The van der Waals surface area contributed by atoms with Gasteiger partial charge in [-0.3, -0.25) is 0 Å². The van der Waals surface area contributed by atoms with Crippen molar-refractivity contribution in [2.24, 2.45) is 0 Å². The van der Waals surface area contributed by atoms with Gasteiger partial charge in [0, 0.05) is 6.20 Å². The maximum atomic E-state index is 5.81. The van der Waals surface area contributed by atoms with E-state index in [1.165, 1.54) is 0 Å². The molecule has 1 aromatic heterocycles. The standard InChI is InChI=1S/C7H8ClNO.C2H6/c1-5-3-4-9-7(10-2)6(5)8;1-2/h3-4H,1-2H3;1-2H3. The summed E-state index contributed by atoms with van der Waals surface area (Å²) in [6.45, 7) is 5.91. The first-order valence-electron chi connectivity index (χ1n) is 3.91. The molecule has 0 aliphatic rings. The fourth-order valence-electron chi connectivity index (χ4n) is 0.658. The Morgan fingerprint density at radius 3 is 2.42 bits per heavy atom. The van der Waals surface area contributed by atoms with Crippen LogP contribution in [0.25, 0.3) is 0 Å². The minimum absolute atomic E-state index is 0.488. The van der Waals surface area contributed by atoms with Crippen LogP contribution in [0.5, 0.6) is 5.88 Å². The highest BCUT2D eigenvalue weighted by Gasteiger charge is 2.01. The summed E-state index contributed by atoms with van der Waals surface area (Å²) >= 11 is 5.81. The fourth-order valence-corrected chi connectivity index (χ4v) is 0.847. The Labute approximate surface area is 78.5 Å². The summed E-state index contributed by atoms with van der Waals surface area (Å²) in [5.41, 5.74) is 0.980. The minimum atomic E-state index is 0.488. The fraction of sp³-hybridized carbons (Fsp3) is 0.444. The Morgan fingerprint density at radius 2 is 2.00 bits per heavy atom. The third kappa shape index (κ3) is 2.70. The number of pyridine rings is 1. The second-order valence-corrected chi connectivity index (χ2v) is 2.33. The van der Waals surface area contributed by atoms with E-state index in [0.29, 0.717) is 10.9 Å². The number of hydrogen-bond acceptors (Lipinski definition) is 2. The largest absolute Gasteiger partial charge is 0.480 e. The van der Waals surface area contributed by atoms with Crippen molar-refractivity contribution in [3.63, 3.8) is 0 Å². The SMILES string of the molecule is CC.COc1nccc(C)c1Cl. The molecule has 1 heterocycles. The average molecular weight is 188 g/mol. The van der Waals surface area contributed by atoms with Gasteiger partial charge in [-0.05, 0) is 18.6 Å². The third-order valence-electron chi connectivity index (χ3n) is 1.24. The zero-order valence-electron chi connectivity index (χ0n) is 7.89. The lowest BCUT2D eigenvalue weighted by Crippen LogP contribution is -1.88. The molecule has 0 aliphatic carbocycles. The molecule has 0 saturated carbocycles. The van der Waals surface area contributed by atoms with Crippen molar-refractivity contribution >= 4 is 11.6 Å². The van der Waals surface area contributed by atoms with E-state index in [4.69, 9.17) is 16.3 Å². The molecular weight excluding hydrogens is 174 g/mol. The lowest BCUT2D eigenvalue weighted by atomic mass is 10.3. The number of methoxy groups -OCH3 is 1. The van der Waals surface area contributed by atoms with E-state index >= 15 is 0 Å². The first-order chi connectivity index (χ1) is 5.75. The van der Waals surface area contributed by atoms with Crippen molar-refractivity contribution in [3.05, 3.63) is 22.8 Å². The zero-order valence-corrected chi connectivity index (χ0v) is 8.64. The van der Waals surface area contributed by atoms with Gasteiger partial charge in [0.05, 0.1) is 7.11 Å². The summed E-state index contributed by atoms with van der Waals surface area (Å²) < 4.78 is 4.88. The molecular formula is C9H14ClNO. The molecule has 0 fully saturated rings. The molecule has 0 spiro atoms. The van der Waals surface area contributed by atoms with Gasteiger partial charge in [-0.1, -0.05) is 25.4 Å². The molecule has 0 atom stereocenters. The average Bonchev–Trinajstić information content (AvgIpc) is 2.13. The van der Waals surface area contributed by atoms with Crippen LogP contribution in [-0.4, -0.2) is 12.1 Å². The van der Waals surface area contributed by atoms with Crippen LogP contribution in [0.1, 0.15) is 19.4 Å². The van der Waals surface area contributed by atoms with Crippen LogP contribution in [0.2, 0.25) is 5.02 Å². The van der Waals surface area contributed by atoms with Gasteiger partial charge in [0.2, 0.25) is 5.88 Å². The quantitative estimate of drug-likeness (QED) is 0.674. The van der Waals surface area contributed by atoms with Crippen molar-refractivity contribution < 1.29 is 4.74 Å². The molecule has 2 nitrogen and oxygen atoms in total. The van der Waals surface area contributed by atoms with Crippen molar-refractivity contribution in [1.29, 1.82) is 0 Å². The third-order valence-corrected chi connectivity index (χ3v) is 1.70. The maximum absolute atomic E-state index is 5.81. The van der Waals surface area contributed by atoms with E-state index in [9.17, 15) is 0 Å². The Kier molecular flexibility index (Phi) is 5.47. The molecule has 68 valence electrons. The Bertz CT molecular complexity index is 238. The number of rotatable bonds is 1. The van der Waals surface area contributed by atoms with E-state index in [-0.39, 0.29) is 0 Å². The molecule has 3 heteroatoms. The molecule has 0 unspecified atom stereocenters. The van der Waals surface area contributed by atoms with Gasteiger partial charge in [-0.15, -0.1) is 0 Å². The van der Waals surface area contributed by atoms with Gasteiger partial charge in [0.15, 0.2) is 0 Å². The first-order valence-corrected chi connectivity index (χ1v) is 4.28. The van der Waals surface area contributed by atoms with Crippen LogP contribution in [-0.2, 0) is 0 Å². The number of aryl methyl sites for hydroxylation is 1. The number of hydrogen-bond donors (Lipinski definition) is 0. The summed E-state index contributed by atoms with van der Waals surface area (Å²) in [4.78, 5) is 3.90. The number of ether oxygens (including phenoxy) is 1. The van der Waals surface area contributed by atoms with Gasteiger partial charge >= 0.3 is 0 Å². The molecule has 12 heavy (non-hydrogen) atoms. The molecule has 1 aromatic rings. The van der Waals surface area contributed by atoms with Gasteiger partial charge in [0.25, 0.3) is 0 Å². The normalized spacial score (nSPS) is 8.42. The van der Waals surface area contributed by atoms with Crippen LogP contribution in [0.4, 0.5) is 0 Å². The monoisotopic (exact) mass is 187 g/mol. The van der Waals surface area contributed by atoms with E-state index < -0.39 is 0 Å². The highest BCUT2D eigenvalue weighted by atomic mass is 35.5. The van der Waals surface area contributed by atoms with Crippen LogP contribution in [0.15, 0.2) is 12.3 Å². The van der Waals surface area contributed by atoms with Crippen LogP contribution in [0.3, 0.4) is 0 Å². The highest BCUT2D eigenvalue weighted by Crippen LogP contribution is 2.23. The summed E-state index contributed by atoms with van der Waals surface area (Å²) in [5.74, 6) is 0.488. The van der Waals surface area contributed by atoms with E-state index in [0.717, 1.165) is 5.56 Å². The van der Waals surface area contributed by atoms with Crippen LogP contribution < -0.4 is 4.74 Å². The molecule has 0 bridgehead atoms. The molecule has 0 saturated heterocycles. The van der Waals surface area contributed by atoms with Gasteiger partial charge in [-0.2, -0.15) is 0 Å². The molecule has 0 radical (unpaired) electrons. The van der Waals surface area contributed by atoms with Crippen molar-refractivity contribution in [2.45, 2.75) is 20.8 Å². The molecule has 0 N–H and O–H groups in total. The van der Waals surface area contributed by atoms with Crippen molar-refractivity contribution in [2.75, 3.05) is 7.11 Å². The predicted octanol–water partition coefficient (Wildman–Crippen LogP) is 3.08. The zero-order chi connectivity index (χ0) is 9.56. The van der Waals surface area contributed by atoms with Crippen LogP contribution >= 0.6 is 11.6 Å². The second-order valence-electron chi connectivity index (χ2n) is 1.95. The number of nitrogens with zero attached hydrogens (tertiary/aromatic N) is 1. The van der Waals surface area contributed by atoms with E-state index in [1.807, 2.05) is 26.8 Å². The predicted molar refractivity (Wildman–Crippen MR) is 51.9 cm³/mol. The van der Waals surface area contributed by atoms with E-state index in [2.05, 4.69) is 4.98 Å². The first kappa shape index (κ1) is 11.2. The Balaban J connectivity index is 0.000000561. The van der Waals surface area contributed by atoms with Gasteiger partial charge < -0.3 is 4.74 Å². The summed E-state index contributed by atoms with van der Waals surface area (Å²) in [7, 11) is 1.55. The minimum Gasteiger partial charge on any atom is -0.480 e. The van der Waals surface area contributed by atoms with Crippen LogP contribution in [0, 0.1) is 6.92 Å². The van der Waals surface area contributed by atoms with Crippen molar-refractivity contribution in [1.82, 2.24) is 4.98 Å². The van der Waals surface area contributed by atoms with Gasteiger partial charge in [-0.25, -0.2) is 4.98 Å². The smallest absolute Gasteiger partial charge is 0.232 e. The second kappa shape index (κ2) is 5.84. The lowest BCUT2D eigenvalue weighted by molar-refractivity contribution is 0.398. The highest BCUT2D eigenvalue weighted by molar-refractivity contribution is 6.32. The topological polar surface area (TPSA) is 22.1 Å². The lowest BCUT2D eigenvalue weighted by Gasteiger charge is -2.01. The Hall–Kier alpha value is -0.760. The van der Waals surface area contributed by atoms with Crippen molar-refractivity contribution in [3.8, 4) is 5.88 Å². The Morgan fingerprint density at radius 1 is 1.42 bits per heavy atom. The summed E-state index contributed by atoms with van der Waals surface area (Å²) in [6.07, 6.45) is 1.67. The molecule has 0 aromatic carbocycles. The number of halogens is 1.